The topological polar surface area (TPSA) is 124 Å². The first kappa shape index (κ1) is 33.5. The number of halogens is 6. The minimum atomic E-state index is -1.62. The van der Waals surface area contributed by atoms with Crippen molar-refractivity contribution in [2.24, 2.45) is 0 Å². The van der Waals surface area contributed by atoms with Crippen LogP contribution in [0.1, 0.15) is 18.5 Å². The highest BCUT2D eigenvalue weighted by atomic mass is 32.2. The van der Waals surface area contributed by atoms with E-state index in [1.807, 2.05) is 0 Å². The summed E-state index contributed by atoms with van der Waals surface area (Å²) in [6.45, 7) is -0.438. The molecule has 0 bridgehead atoms. The number of methoxy groups -OCH3 is 1. The average Bonchev–Trinajstić information content (AvgIpc) is 3.74. The van der Waals surface area contributed by atoms with E-state index in [0.29, 0.717) is 6.42 Å². The van der Waals surface area contributed by atoms with Gasteiger partial charge >= 0.3 is 0 Å². The Kier molecular flexibility index (Phi) is 9.66. The van der Waals surface area contributed by atoms with Crippen molar-refractivity contribution in [1.82, 2.24) is 19.6 Å². The molecule has 17 heteroatoms. The molecule has 0 amide bonds. The van der Waals surface area contributed by atoms with E-state index in [2.05, 4.69) is 10.2 Å². The van der Waals surface area contributed by atoms with Gasteiger partial charge in [-0.2, -0.15) is 10.2 Å². The zero-order chi connectivity index (χ0) is 33.6. The van der Waals surface area contributed by atoms with Crippen LogP contribution in [0.4, 0.5) is 26.3 Å². The van der Waals surface area contributed by atoms with Gasteiger partial charge in [-0.1, -0.05) is 11.8 Å². The SMILES string of the molecule is COC1[C@@H](n2cc(-c3cc(F)c(F)c(F)c3)cn2)[C@@H](O)C(CO)O[C@H]1S[C@@H]1OCCC(n2cc(-c3cc(F)c(F)c(F)c3)cn2)[C@H]1O. The Balaban J connectivity index is 1.22. The van der Waals surface area contributed by atoms with E-state index in [1.165, 1.54) is 41.3 Å². The van der Waals surface area contributed by atoms with Gasteiger partial charge < -0.3 is 29.5 Å². The molecule has 4 heterocycles. The fourth-order valence-corrected chi connectivity index (χ4v) is 7.20. The first-order chi connectivity index (χ1) is 22.5. The maximum Gasteiger partial charge on any atom is 0.194 e. The molecule has 2 aliphatic heterocycles. The summed E-state index contributed by atoms with van der Waals surface area (Å²) in [5, 5.41) is 41.0. The molecule has 2 aromatic heterocycles. The standard InChI is InChI=1S/C30H28F6N4O6S/c1-44-28-25(40-11-16(9-38-40)14-6-19(33)24(36)20(34)7-14)27(43)22(12-41)46-30(28)47-29-26(42)21(2-3-45-29)39-10-15(8-37-39)13-4-17(31)23(35)18(32)5-13/h4-11,21-22,25-30,41-43H,2-3,12H2,1H3/t21?,22?,25-,26+,27-,28?,29-,30-/m0/s1. The highest BCUT2D eigenvalue weighted by Crippen LogP contribution is 2.42. The Labute approximate surface area is 267 Å². The lowest BCUT2D eigenvalue weighted by Gasteiger charge is -2.45. The van der Waals surface area contributed by atoms with Crippen LogP contribution in [0.2, 0.25) is 0 Å². The van der Waals surface area contributed by atoms with Gasteiger partial charge in [0.1, 0.15) is 41.3 Å². The predicted molar refractivity (Wildman–Crippen MR) is 154 cm³/mol. The van der Waals surface area contributed by atoms with Crippen LogP contribution >= 0.6 is 11.8 Å². The quantitative estimate of drug-likeness (QED) is 0.187. The first-order valence-electron chi connectivity index (χ1n) is 14.3. The van der Waals surface area contributed by atoms with Crippen LogP contribution in [-0.2, 0) is 14.2 Å². The van der Waals surface area contributed by atoms with Crippen molar-refractivity contribution in [2.75, 3.05) is 20.3 Å². The molecule has 2 saturated heterocycles. The van der Waals surface area contributed by atoms with Crippen LogP contribution in [0.15, 0.2) is 49.1 Å². The van der Waals surface area contributed by atoms with Crippen molar-refractivity contribution in [3.05, 3.63) is 84.0 Å². The Bertz CT molecular complexity index is 1700. The lowest BCUT2D eigenvalue weighted by atomic mass is 9.97. The van der Waals surface area contributed by atoms with Crippen molar-refractivity contribution >= 4 is 11.8 Å². The number of hydrogen-bond donors (Lipinski definition) is 3. The van der Waals surface area contributed by atoms with E-state index >= 15 is 0 Å². The van der Waals surface area contributed by atoms with Crippen molar-refractivity contribution in [1.29, 1.82) is 0 Å². The monoisotopic (exact) mass is 686 g/mol. The van der Waals surface area contributed by atoms with Gasteiger partial charge in [0.15, 0.2) is 34.9 Å². The summed E-state index contributed by atoms with van der Waals surface area (Å²) >= 11 is 1.01. The third-order valence-electron chi connectivity index (χ3n) is 8.22. The maximum atomic E-state index is 13.9. The molecule has 6 rings (SSSR count). The van der Waals surface area contributed by atoms with Crippen LogP contribution in [0.25, 0.3) is 22.3 Å². The van der Waals surface area contributed by atoms with Gasteiger partial charge in [0, 0.05) is 30.6 Å². The van der Waals surface area contributed by atoms with Crippen LogP contribution in [-0.4, -0.2) is 90.5 Å². The van der Waals surface area contributed by atoms with E-state index in [0.717, 1.165) is 36.0 Å². The third kappa shape index (κ3) is 6.40. The zero-order valence-corrected chi connectivity index (χ0v) is 25.2. The summed E-state index contributed by atoms with van der Waals surface area (Å²) in [6, 6.07) is 1.63. The minimum Gasteiger partial charge on any atom is -0.394 e. The van der Waals surface area contributed by atoms with Crippen LogP contribution in [0.5, 0.6) is 0 Å². The van der Waals surface area contributed by atoms with Gasteiger partial charge in [0.25, 0.3) is 0 Å². The van der Waals surface area contributed by atoms with E-state index in [1.54, 1.807) is 0 Å². The largest absolute Gasteiger partial charge is 0.394 e. The van der Waals surface area contributed by atoms with Gasteiger partial charge in [-0.3, -0.25) is 9.36 Å². The first-order valence-corrected chi connectivity index (χ1v) is 15.3. The summed E-state index contributed by atoms with van der Waals surface area (Å²) in [7, 11) is 1.35. The molecule has 2 aliphatic rings. The number of aliphatic hydroxyl groups is 3. The molecular weight excluding hydrogens is 658 g/mol. The number of thioether (sulfide) groups is 1. The Morgan fingerprint density at radius 1 is 0.809 bits per heavy atom. The number of benzene rings is 2. The fraction of sp³-hybridized carbons (Fsp3) is 0.400. The second-order valence-corrected chi connectivity index (χ2v) is 12.3. The van der Waals surface area contributed by atoms with E-state index in [9.17, 15) is 41.7 Å². The number of hydrogen-bond acceptors (Lipinski definition) is 9. The third-order valence-corrected chi connectivity index (χ3v) is 9.55. The molecule has 0 radical (unpaired) electrons. The maximum absolute atomic E-state index is 13.9. The summed E-state index contributed by atoms with van der Waals surface area (Å²) in [5.41, 5.74) is -1.37. The summed E-state index contributed by atoms with van der Waals surface area (Å²) < 4.78 is 103. The van der Waals surface area contributed by atoms with Crippen LogP contribution in [0, 0.1) is 34.9 Å². The Morgan fingerprint density at radius 3 is 1.87 bits per heavy atom. The van der Waals surface area contributed by atoms with Crippen LogP contribution < -0.4 is 0 Å². The highest BCUT2D eigenvalue weighted by molar-refractivity contribution is 8.00. The van der Waals surface area contributed by atoms with Crippen LogP contribution in [0.3, 0.4) is 0 Å². The summed E-state index contributed by atoms with van der Waals surface area (Å²) in [5.74, 6) is -8.70. The van der Waals surface area contributed by atoms with Gasteiger partial charge in [-0.25, -0.2) is 26.3 Å². The van der Waals surface area contributed by atoms with E-state index < -0.39 is 88.9 Å². The lowest BCUT2D eigenvalue weighted by Crippen LogP contribution is -2.56. The van der Waals surface area contributed by atoms with Crippen molar-refractivity contribution in [3.63, 3.8) is 0 Å². The van der Waals surface area contributed by atoms with Gasteiger partial charge in [-0.05, 0) is 41.8 Å². The highest BCUT2D eigenvalue weighted by Gasteiger charge is 2.49. The molecule has 2 aromatic carbocycles. The number of aliphatic hydroxyl groups excluding tert-OH is 3. The van der Waals surface area contributed by atoms with Crippen molar-refractivity contribution < 1.29 is 55.9 Å². The number of nitrogens with zero attached hydrogens (tertiary/aromatic N) is 4. The molecule has 2 fully saturated rings. The zero-order valence-electron chi connectivity index (χ0n) is 24.4. The molecule has 252 valence electrons. The number of aromatic nitrogens is 4. The second kappa shape index (κ2) is 13.6. The molecule has 0 aliphatic carbocycles. The van der Waals surface area contributed by atoms with Crippen molar-refractivity contribution in [2.45, 2.75) is 53.8 Å². The molecule has 10 nitrogen and oxygen atoms in total. The summed E-state index contributed by atoms with van der Waals surface area (Å²) in [6.07, 6.45) is 1.06. The Hall–Kier alpha value is -3.45. The second-order valence-electron chi connectivity index (χ2n) is 11.1. The fourth-order valence-electron chi connectivity index (χ4n) is 5.78. The molecule has 47 heavy (non-hydrogen) atoms. The molecule has 0 spiro atoms. The molecule has 0 saturated carbocycles. The van der Waals surface area contributed by atoms with E-state index in [4.69, 9.17) is 14.2 Å². The smallest absolute Gasteiger partial charge is 0.194 e. The minimum absolute atomic E-state index is 0.00551. The summed E-state index contributed by atoms with van der Waals surface area (Å²) in [4.78, 5) is 0. The normalized spacial score (nSPS) is 28.1. The van der Waals surface area contributed by atoms with Crippen molar-refractivity contribution in [3.8, 4) is 22.3 Å². The van der Waals surface area contributed by atoms with Gasteiger partial charge in [0.05, 0.1) is 31.6 Å². The molecule has 3 N–H and O–H groups in total. The number of rotatable bonds is 8. The molecule has 8 atom stereocenters. The molecular formula is C30H28F6N4O6S. The molecule has 4 aromatic rings. The number of ether oxygens (including phenoxy) is 3. The molecule has 3 unspecified atom stereocenters. The Morgan fingerprint density at radius 2 is 1.34 bits per heavy atom. The van der Waals surface area contributed by atoms with Gasteiger partial charge in [0.2, 0.25) is 0 Å². The average molecular weight is 687 g/mol. The predicted octanol–water partition coefficient (Wildman–Crippen LogP) is 3.96. The van der Waals surface area contributed by atoms with Gasteiger partial charge in [-0.15, -0.1) is 0 Å². The van der Waals surface area contributed by atoms with E-state index in [-0.39, 0.29) is 28.9 Å². The lowest BCUT2D eigenvalue weighted by molar-refractivity contribution is -0.187.